The highest BCUT2D eigenvalue weighted by Crippen LogP contribution is 2.16. The second-order valence-corrected chi connectivity index (χ2v) is 5.35. The van der Waals surface area contributed by atoms with E-state index in [-0.39, 0.29) is 11.3 Å². The van der Waals surface area contributed by atoms with E-state index in [1.807, 2.05) is 18.9 Å². The first-order valence-electron chi connectivity index (χ1n) is 6.41. The van der Waals surface area contributed by atoms with Crippen molar-refractivity contribution in [1.29, 1.82) is 0 Å². The van der Waals surface area contributed by atoms with Crippen molar-refractivity contribution >= 4 is 17.5 Å². The molecule has 1 unspecified atom stereocenters. The number of carbonyl (C=O) groups excluding carboxylic acids is 1. The molecule has 1 atom stereocenters. The summed E-state index contributed by atoms with van der Waals surface area (Å²) in [6.07, 6.45) is 5.04. The fraction of sp³-hybridized carbons (Fsp3) is 0.923. The van der Waals surface area contributed by atoms with Crippen LogP contribution in [-0.2, 0) is 4.79 Å². The van der Waals surface area contributed by atoms with Gasteiger partial charge in [-0.3, -0.25) is 4.79 Å². The molecule has 0 fully saturated rings. The van der Waals surface area contributed by atoms with Crippen molar-refractivity contribution < 1.29 is 4.79 Å². The summed E-state index contributed by atoms with van der Waals surface area (Å²) in [6.45, 7) is 7.01. The molecule has 0 heterocycles. The van der Waals surface area contributed by atoms with E-state index >= 15 is 0 Å². The normalized spacial score (nSPS) is 12.9. The monoisotopic (exact) mass is 247 g/mol. The molecule has 0 N–H and O–H groups in total. The summed E-state index contributed by atoms with van der Waals surface area (Å²) in [5.41, 5.74) is 0. The first-order chi connectivity index (χ1) is 7.52. The van der Waals surface area contributed by atoms with E-state index in [0.717, 1.165) is 38.6 Å². The molecule has 0 aromatic heterocycles. The molecule has 0 aliphatic carbocycles. The topological polar surface area (TPSA) is 20.3 Å². The van der Waals surface area contributed by atoms with Crippen molar-refractivity contribution in [2.75, 3.05) is 13.6 Å². The van der Waals surface area contributed by atoms with Gasteiger partial charge in [0.05, 0.1) is 0 Å². The maximum atomic E-state index is 12.1. The second-order valence-electron chi connectivity index (χ2n) is 4.60. The smallest absolute Gasteiger partial charge is 0.225 e. The van der Waals surface area contributed by atoms with Crippen LogP contribution >= 0.6 is 11.6 Å². The van der Waals surface area contributed by atoms with Gasteiger partial charge in [-0.05, 0) is 26.2 Å². The van der Waals surface area contributed by atoms with Crippen LogP contribution in [0.1, 0.15) is 52.9 Å². The van der Waals surface area contributed by atoms with E-state index in [0.29, 0.717) is 5.91 Å². The highest BCUT2D eigenvalue weighted by Gasteiger charge is 2.20. The van der Waals surface area contributed by atoms with Gasteiger partial charge in [-0.1, -0.05) is 26.7 Å². The van der Waals surface area contributed by atoms with Gasteiger partial charge in [0.25, 0.3) is 0 Å². The molecular weight excluding hydrogens is 222 g/mol. The van der Waals surface area contributed by atoms with E-state index in [1.165, 1.54) is 0 Å². The van der Waals surface area contributed by atoms with Gasteiger partial charge >= 0.3 is 0 Å². The molecular formula is C13H26ClNO. The molecule has 2 nitrogen and oxygen atoms in total. The summed E-state index contributed by atoms with van der Waals surface area (Å²) in [6, 6.07) is 0. The lowest BCUT2D eigenvalue weighted by Crippen LogP contribution is -2.34. The molecule has 0 saturated carbocycles. The van der Waals surface area contributed by atoms with Crippen molar-refractivity contribution in [3.63, 3.8) is 0 Å². The molecule has 0 saturated heterocycles. The van der Waals surface area contributed by atoms with Crippen LogP contribution in [-0.4, -0.2) is 29.8 Å². The Balaban J connectivity index is 4.13. The molecule has 0 radical (unpaired) electrons. The van der Waals surface area contributed by atoms with E-state index < -0.39 is 0 Å². The van der Waals surface area contributed by atoms with Gasteiger partial charge in [-0.25, -0.2) is 0 Å². The van der Waals surface area contributed by atoms with E-state index in [2.05, 4.69) is 13.8 Å². The largest absolute Gasteiger partial charge is 0.345 e. The molecule has 0 rings (SSSR count). The Morgan fingerprint density at radius 1 is 1.19 bits per heavy atom. The molecule has 0 aliphatic rings. The van der Waals surface area contributed by atoms with Crippen LogP contribution in [0.4, 0.5) is 0 Å². The van der Waals surface area contributed by atoms with E-state index in [4.69, 9.17) is 11.6 Å². The van der Waals surface area contributed by atoms with Crippen molar-refractivity contribution in [3.8, 4) is 0 Å². The number of rotatable bonds is 8. The fourth-order valence-corrected chi connectivity index (χ4v) is 1.98. The molecule has 96 valence electrons. The van der Waals surface area contributed by atoms with Crippen LogP contribution in [0.5, 0.6) is 0 Å². The minimum absolute atomic E-state index is 0.144. The van der Waals surface area contributed by atoms with Gasteiger partial charge in [0, 0.05) is 24.9 Å². The summed E-state index contributed by atoms with van der Waals surface area (Å²) in [7, 11) is 1.89. The van der Waals surface area contributed by atoms with Gasteiger partial charge in [0.15, 0.2) is 0 Å². The van der Waals surface area contributed by atoms with Gasteiger partial charge in [-0.15, -0.1) is 11.6 Å². The third-order valence-electron chi connectivity index (χ3n) is 2.86. The number of amides is 1. The second kappa shape index (κ2) is 8.86. The molecule has 0 aliphatic heterocycles. The van der Waals surface area contributed by atoms with Crippen LogP contribution < -0.4 is 0 Å². The highest BCUT2D eigenvalue weighted by atomic mass is 35.5. The molecule has 1 amide bonds. The van der Waals surface area contributed by atoms with E-state index in [9.17, 15) is 4.79 Å². The third kappa shape index (κ3) is 6.37. The van der Waals surface area contributed by atoms with Crippen molar-refractivity contribution in [3.05, 3.63) is 0 Å². The van der Waals surface area contributed by atoms with Crippen LogP contribution in [0, 0.1) is 5.92 Å². The maximum absolute atomic E-state index is 12.1. The third-order valence-corrected chi connectivity index (χ3v) is 3.08. The first kappa shape index (κ1) is 15.8. The van der Waals surface area contributed by atoms with Crippen LogP contribution in [0.3, 0.4) is 0 Å². The lowest BCUT2D eigenvalue weighted by atomic mass is 9.97. The summed E-state index contributed by atoms with van der Waals surface area (Å²) < 4.78 is 0. The predicted octanol–water partition coefficient (Wildman–Crippen LogP) is 3.68. The molecule has 0 spiro atoms. The number of halogens is 1. The lowest BCUT2D eigenvalue weighted by Gasteiger charge is -2.23. The van der Waals surface area contributed by atoms with Crippen molar-refractivity contribution in [2.24, 2.45) is 5.92 Å². The van der Waals surface area contributed by atoms with Gasteiger partial charge < -0.3 is 4.90 Å². The molecule has 0 aromatic carbocycles. The van der Waals surface area contributed by atoms with Gasteiger partial charge in [0.1, 0.15) is 0 Å². The molecule has 3 heteroatoms. The number of hydrogen-bond donors (Lipinski definition) is 0. The lowest BCUT2D eigenvalue weighted by molar-refractivity contribution is -0.134. The number of alkyl halides is 1. The number of carbonyl (C=O) groups is 1. The quantitative estimate of drug-likeness (QED) is 0.600. The standard InChI is InChI=1S/C13H26ClNO/c1-5-7-12(8-6-2)13(16)15(4)10-9-11(3)14/h11-12H,5-10H2,1-4H3. The van der Waals surface area contributed by atoms with Gasteiger partial charge in [0.2, 0.25) is 5.91 Å². The Hall–Kier alpha value is -0.240. The zero-order valence-corrected chi connectivity index (χ0v) is 11.9. The zero-order valence-electron chi connectivity index (χ0n) is 11.1. The number of hydrogen-bond acceptors (Lipinski definition) is 1. The minimum Gasteiger partial charge on any atom is -0.345 e. The Bertz CT molecular complexity index is 188. The summed E-state index contributed by atoms with van der Waals surface area (Å²) in [5, 5.41) is 0.144. The molecule has 0 aromatic rings. The van der Waals surface area contributed by atoms with Crippen LogP contribution in [0.15, 0.2) is 0 Å². The molecule has 16 heavy (non-hydrogen) atoms. The van der Waals surface area contributed by atoms with E-state index in [1.54, 1.807) is 0 Å². The Morgan fingerprint density at radius 2 is 1.69 bits per heavy atom. The summed E-state index contributed by atoms with van der Waals surface area (Å²) in [4.78, 5) is 14.0. The van der Waals surface area contributed by atoms with Gasteiger partial charge in [-0.2, -0.15) is 0 Å². The van der Waals surface area contributed by atoms with Crippen molar-refractivity contribution in [2.45, 2.75) is 58.3 Å². The Morgan fingerprint density at radius 3 is 2.06 bits per heavy atom. The zero-order chi connectivity index (χ0) is 12.6. The van der Waals surface area contributed by atoms with Crippen molar-refractivity contribution in [1.82, 2.24) is 4.90 Å². The Labute approximate surface area is 105 Å². The average molecular weight is 248 g/mol. The first-order valence-corrected chi connectivity index (χ1v) is 6.85. The average Bonchev–Trinajstić information content (AvgIpc) is 2.24. The number of nitrogens with zero attached hydrogens (tertiary/aromatic N) is 1. The van der Waals surface area contributed by atoms with Crippen LogP contribution in [0.25, 0.3) is 0 Å². The summed E-state index contributed by atoms with van der Waals surface area (Å²) >= 11 is 5.89. The predicted molar refractivity (Wildman–Crippen MR) is 70.9 cm³/mol. The maximum Gasteiger partial charge on any atom is 0.225 e. The Kier molecular flexibility index (Phi) is 8.73. The SMILES string of the molecule is CCCC(CCC)C(=O)N(C)CCC(C)Cl. The minimum atomic E-state index is 0.144. The summed E-state index contributed by atoms with van der Waals surface area (Å²) in [5.74, 6) is 0.506. The highest BCUT2D eigenvalue weighted by molar-refractivity contribution is 6.20. The molecule has 0 bridgehead atoms. The fourth-order valence-electron chi connectivity index (χ4n) is 1.88. The van der Waals surface area contributed by atoms with Crippen LogP contribution in [0.2, 0.25) is 0 Å².